The molecular weight excluding hydrogens is 216 g/mol. The molecule has 0 aromatic carbocycles. The van der Waals surface area contributed by atoms with Crippen molar-refractivity contribution in [2.75, 3.05) is 0 Å². The van der Waals surface area contributed by atoms with Crippen LogP contribution in [0.2, 0.25) is 0 Å². The van der Waals surface area contributed by atoms with Crippen molar-refractivity contribution in [1.29, 1.82) is 0 Å². The summed E-state index contributed by atoms with van der Waals surface area (Å²) in [5, 5.41) is 17.7. The van der Waals surface area contributed by atoms with E-state index in [1.807, 2.05) is 13.8 Å². The number of carboxylic acids is 2. The fraction of sp³-hybridized carbons (Fsp3) is 0.800. The second kappa shape index (κ2) is 4.39. The van der Waals surface area contributed by atoms with Crippen LogP contribution in [0.3, 0.4) is 0 Å². The topological polar surface area (TPSA) is 93.1 Å². The maximum atomic E-state index is 10.8. The molecule has 0 amide bonds. The van der Waals surface area contributed by atoms with Gasteiger partial charge in [-0.15, -0.1) is 0 Å². The van der Waals surface area contributed by atoms with Gasteiger partial charge in [0.25, 0.3) is 0 Å². The van der Waals surface area contributed by atoms with Crippen molar-refractivity contribution in [2.45, 2.75) is 45.2 Å². The minimum atomic E-state index is -1.44. The summed E-state index contributed by atoms with van der Waals surface area (Å²) < 4.78 is 10.4. The minimum Gasteiger partial charge on any atom is -0.479 e. The molecule has 0 aromatic heterocycles. The first-order chi connectivity index (χ1) is 7.25. The highest BCUT2D eigenvalue weighted by molar-refractivity contribution is 5.84. The van der Waals surface area contributed by atoms with E-state index in [9.17, 15) is 9.59 Å². The van der Waals surface area contributed by atoms with Gasteiger partial charge in [0.2, 0.25) is 0 Å². The molecule has 1 heterocycles. The molecule has 1 rings (SSSR count). The summed E-state index contributed by atoms with van der Waals surface area (Å²) in [7, 11) is 0. The molecule has 0 bridgehead atoms. The van der Waals surface area contributed by atoms with Crippen molar-refractivity contribution in [3.8, 4) is 0 Å². The number of hydrogen-bond acceptors (Lipinski definition) is 4. The van der Waals surface area contributed by atoms with Crippen LogP contribution in [0.15, 0.2) is 0 Å². The molecule has 6 nitrogen and oxygen atoms in total. The smallest absolute Gasteiger partial charge is 0.336 e. The van der Waals surface area contributed by atoms with E-state index in [2.05, 4.69) is 0 Å². The van der Waals surface area contributed by atoms with Crippen LogP contribution in [-0.2, 0) is 19.1 Å². The van der Waals surface area contributed by atoms with Crippen molar-refractivity contribution in [3.05, 3.63) is 0 Å². The van der Waals surface area contributed by atoms with Crippen molar-refractivity contribution < 1.29 is 29.3 Å². The van der Waals surface area contributed by atoms with Gasteiger partial charge in [-0.2, -0.15) is 0 Å². The number of ether oxygens (including phenoxy) is 2. The van der Waals surface area contributed by atoms with Gasteiger partial charge in [-0.1, -0.05) is 13.8 Å². The van der Waals surface area contributed by atoms with Crippen LogP contribution in [0.5, 0.6) is 0 Å². The molecule has 2 N–H and O–H groups in total. The van der Waals surface area contributed by atoms with Crippen molar-refractivity contribution >= 4 is 11.9 Å². The first-order valence-electron chi connectivity index (χ1n) is 5.06. The zero-order chi connectivity index (χ0) is 12.5. The Kier molecular flexibility index (Phi) is 3.54. The van der Waals surface area contributed by atoms with Crippen LogP contribution < -0.4 is 0 Å². The van der Waals surface area contributed by atoms with E-state index in [1.54, 1.807) is 6.92 Å². The van der Waals surface area contributed by atoms with Crippen molar-refractivity contribution in [1.82, 2.24) is 0 Å². The number of carbonyl (C=O) groups is 2. The first-order valence-corrected chi connectivity index (χ1v) is 5.06. The molecule has 1 saturated heterocycles. The predicted molar refractivity (Wildman–Crippen MR) is 52.9 cm³/mol. The van der Waals surface area contributed by atoms with E-state index in [0.717, 1.165) is 0 Å². The van der Waals surface area contributed by atoms with Gasteiger partial charge < -0.3 is 19.7 Å². The van der Waals surface area contributed by atoms with Gasteiger partial charge in [-0.3, -0.25) is 0 Å². The highest BCUT2D eigenvalue weighted by atomic mass is 16.8. The van der Waals surface area contributed by atoms with E-state index in [0.29, 0.717) is 6.42 Å². The van der Waals surface area contributed by atoms with Gasteiger partial charge in [0, 0.05) is 6.42 Å². The molecule has 0 saturated carbocycles. The van der Waals surface area contributed by atoms with Gasteiger partial charge >= 0.3 is 11.9 Å². The summed E-state index contributed by atoms with van der Waals surface area (Å²) in [6.07, 6.45) is -2.44. The summed E-state index contributed by atoms with van der Waals surface area (Å²) in [6.45, 7) is 5.40. The van der Waals surface area contributed by atoms with Gasteiger partial charge in [0.05, 0.1) is 0 Å². The van der Waals surface area contributed by atoms with E-state index in [4.69, 9.17) is 19.7 Å². The summed E-state index contributed by atoms with van der Waals surface area (Å²) in [5.41, 5.74) is 0. The molecule has 0 spiro atoms. The molecule has 16 heavy (non-hydrogen) atoms. The van der Waals surface area contributed by atoms with Gasteiger partial charge in [0.15, 0.2) is 18.0 Å². The quantitative estimate of drug-likeness (QED) is 0.741. The lowest BCUT2D eigenvalue weighted by Gasteiger charge is -2.24. The SMILES string of the molecule is CC(C)CC1(C)OC(C(=O)O)C(C(=O)O)O1. The van der Waals surface area contributed by atoms with E-state index in [1.165, 1.54) is 0 Å². The van der Waals surface area contributed by atoms with Crippen molar-refractivity contribution in [2.24, 2.45) is 5.92 Å². The standard InChI is InChI=1S/C10H16O6/c1-5(2)4-10(3)15-6(8(11)12)7(16-10)9(13)14/h5-7H,4H2,1-3H3,(H,11,12)(H,13,14). The van der Waals surface area contributed by atoms with Crippen LogP contribution in [-0.4, -0.2) is 40.1 Å². The average Bonchev–Trinajstić information content (AvgIpc) is 2.41. The Balaban J connectivity index is 2.83. The predicted octanol–water partition coefficient (Wildman–Crippen LogP) is 0.702. The minimum absolute atomic E-state index is 0.215. The Morgan fingerprint density at radius 1 is 1.19 bits per heavy atom. The Bertz CT molecular complexity index is 276. The van der Waals surface area contributed by atoms with E-state index >= 15 is 0 Å². The number of hydrogen-bond donors (Lipinski definition) is 2. The number of aliphatic carboxylic acids is 2. The molecule has 1 fully saturated rings. The Morgan fingerprint density at radius 3 is 1.81 bits per heavy atom. The Hall–Kier alpha value is -1.14. The maximum Gasteiger partial charge on any atom is 0.336 e. The maximum absolute atomic E-state index is 10.8. The molecule has 92 valence electrons. The highest BCUT2D eigenvalue weighted by Gasteiger charge is 2.51. The molecule has 6 heteroatoms. The molecule has 0 aliphatic carbocycles. The number of carboxylic acid groups (broad SMARTS) is 2. The Labute approximate surface area is 93.2 Å². The fourth-order valence-corrected chi connectivity index (χ4v) is 1.89. The van der Waals surface area contributed by atoms with Crippen molar-refractivity contribution in [3.63, 3.8) is 0 Å². The second-order valence-electron chi connectivity index (χ2n) is 4.49. The van der Waals surface area contributed by atoms with Gasteiger partial charge in [0.1, 0.15) is 0 Å². The molecular formula is C10H16O6. The number of rotatable bonds is 4. The summed E-state index contributed by atoms with van der Waals surface area (Å²) in [4.78, 5) is 21.6. The lowest BCUT2D eigenvalue weighted by Crippen LogP contribution is -2.36. The molecule has 1 aliphatic heterocycles. The summed E-state index contributed by atoms with van der Waals surface area (Å²) in [5.74, 6) is -3.56. The zero-order valence-corrected chi connectivity index (χ0v) is 9.47. The van der Waals surface area contributed by atoms with Crippen LogP contribution in [0.25, 0.3) is 0 Å². The monoisotopic (exact) mass is 232 g/mol. The van der Waals surface area contributed by atoms with E-state index < -0.39 is 29.9 Å². The zero-order valence-electron chi connectivity index (χ0n) is 9.47. The van der Waals surface area contributed by atoms with Gasteiger partial charge in [-0.25, -0.2) is 9.59 Å². The van der Waals surface area contributed by atoms with Crippen LogP contribution in [0.1, 0.15) is 27.2 Å². The third-order valence-corrected chi connectivity index (χ3v) is 2.29. The third kappa shape index (κ3) is 2.70. The molecule has 0 radical (unpaired) electrons. The summed E-state index contributed by atoms with van der Waals surface area (Å²) in [6, 6.07) is 0. The average molecular weight is 232 g/mol. The lowest BCUT2D eigenvalue weighted by molar-refractivity contribution is -0.184. The lowest BCUT2D eigenvalue weighted by atomic mass is 10.0. The van der Waals surface area contributed by atoms with E-state index in [-0.39, 0.29) is 5.92 Å². The Morgan fingerprint density at radius 2 is 1.56 bits per heavy atom. The van der Waals surface area contributed by atoms with Crippen LogP contribution >= 0.6 is 0 Å². The van der Waals surface area contributed by atoms with Crippen LogP contribution in [0, 0.1) is 5.92 Å². The molecule has 2 unspecified atom stereocenters. The fourth-order valence-electron chi connectivity index (χ4n) is 1.89. The molecule has 0 aromatic rings. The summed E-state index contributed by atoms with van der Waals surface area (Å²) >= 11 is 0. The normalized spacial score (nSPS) is 34.2. The molecule has 1 aliphatic rings. The molecule has 2 atom stereocenters. The largest absolute Gasteiger partial charge is 0.479 e. The third-order valence-electron chi connectivity index (χ3n) is 2.29. The van der Waals surface area contributed by atoms with Gasteiger partial charge in [-0.05, 0) is 12.8 Å². The highest BCUT2D eigenvalue weighted by Crippen LogP contribution is 2.34. The van der Waals surface area contributed by atoms with Crippen LogP contribution in [0.4, 0.5) is 0 Å². The second-order valence-corrected chi connectivity index (χ2v) is 4.49. The first kappa shape index (κ1) is 12.9.